The second-order valence-corrected chi connectivity index (χ2v) is 14.4. The molecule has 6 unspecified atom stereocenters. The van der Waals surface area contributed by atoms with E-state index in [-0.39, 0.29) is 29.7 Å². The number of fused-ring (bicyclic) bond motifs is 4. The molecule has 0 spiro atoms. The summed E-state index contributed by atoms with van der Waals surface area (Å²) in [6.45, 7) is 9.65. The Labute approximate surface area is 280 Å². The zero-order valence-electron chi connectivity index (χ0n) is 27.9. The fraction of sp³-hybridized carbons (Fsp3) is 0.385. The summed E-state index contributed by atoms with van der Waals surface area (Å²) in [4.78, 5) is 59.4. The van der Waals surface area contributed by atoms with Crippen molar-refractivity contribution in [3.05, 3.63) is 101 Å². The number of hydrazine groups is 1. The lowest BCUT2D eigenvalue weighted by Gasteiger charge is -2.50. The molecule has 0 aromatic heterocycles. The number of amides is 4. The fourth-order valence-electron chi connectivity index (χ4n) is 8.80. The van der Waals surface area contributed by atoms with Crippen molar-refractivity contribution in [1.82, 2.24) is 9.91 Å². The van der Waals surface area contributed by atoms with E-state index in [1.165, 1.54) is 4.90 Å². The Hall–Kier alpha value is -4.92. The van der Waals surface area contributed by atoms with E-state index in [0.29, 0.717) is 29.8 Å². The van der Waals surface area contributed by atoms with Crippen LogP contribution in [0.4, 0.5) is 5.69 Å². The predicted molar refractivity (Wildman–Crippen MR) is 180 cm³/mol. The van der Waals surface area contributed by atoms with Crippen LogP contribution < -0.4 is 10.2 Å². The van der Waals surface area contributed by atoms with Crippen LogP contribution in [0.1, 0.15) is 63.1 Å². The first-order valence-electron chi connectivity index (χ1n) is 16.7. The van der Waals surface area contributed by atoms with Crippen molar-refractivity contribution in [2.24, 2.45) is 23.7 Å². The van der Waals surface area contributed by atoms with Gasteiger partial charge < -0.3 is 9.84 Å². The molecule has 2 aliphatic carbocycles. The van der Waals surface area contributed by atoms with Gasteiger partial charge in [0.25, 0.3) is 11.8 Å². The number of allylic oxidation sites excluding steroid dienone is 2. The Kier molecular flexibility index (Phi) is 7.49. The normalized spacial score (nSPS) is 28.2. The molecule has 7 rings (SSSR count). The van der Waals surface area contributed by atoms with Gasteiger partial charge in [-0.15, -0.1) is 0 Å². The van der Waals surface area contributed by atoms with Gasteiger partial charge in [-0.3, -0.25) is 29.5 Å². The molecule has 4 amide bonds. The maximum atomic E-state index is 15.2. The van der Waals surface area contributed by atoms with Crippen molar-refractivity contribution in [2.75, 3.05) is 12.0 Å². The summed E-state index contributed by atoms with van der Waals surface area (Å²) in [5.74, 6) is -4.66. The van der Waals surface area contributed by atoms with Gasteiger partial charge >= 0.3 is 0 Å². The first-order chi connectivity index (χ1) is 22.9. The number of carbonyl (C=O) groups excluding carboxylic acids is 4. The van der Waals surface area contributed by atoms with Gasteiger partial charge in [-0.05, 0) is 77.1 Å². The smallest absolute Gasteiger partial charge is 0.260 e. The Morgan fingerprint density at radius 3 is 2.27 bits per heavy atom. The molecule has 3 aromatic carbocycles. The Morgan fingerprint density at radius 1 is 0.896 bits per heavy atom. The molecule has 9 nitrogen and oxygen atoms in total. The van der Waals surface area contributed by atoms with Crippen molar-refractivity contribution in [1.29, 1.82) is 0 Å². The minimum Gasteiger partial charge on any atom is -0.504 e. The van der Waals surface area contributed by atoms with E-state index >= 15 is 4.79 Å². The number of rotatable bonds is 6. The number of phenolic OH excluding ortho intramolecular Hbond substituents is 1. The molecular weight excluding hydrogens is 606 g/mol. The Morgan fingerprint density at radius 2 is 1.60 bits per heavy atom. The first kappa shape index (κ1) is 31.7. The number of ether oxygens (including phenoxy) is 1. The first-order valence-corrected chi connectivity index (χ1v) is 16.7. The van der Waals surface area contributed by atoms with Crippen molar-refractivity contribution in [3.63, 3.8) is 0 Å². The van der Waals surface area contributed by atoms with E-state index in [1.807, 2.05) is 95.3 Å². The second-order valence-electron chi connectivity index (χ2n) is 14.4. The van der Waals surface area contributed by atoms with E-state index in [0.717, 1.165) is 16.1 Å². The Bertz CT molecular complexity index is 1850. The third-order valence-corrected chi connectivity index (χ3v) is 10.7. The highest BCUT2D eigenvalue weighted by Gasteiger charge is 2.71. The van der Waals surface area contributed by atoms with Crippen molar-refractivity contribution in [3.8, 4) is 11.5 Å². The molecule has 1 saturated carbocycles. The van der Waals surface area contributed by atoms with E-state index in [4.69, 9.17) is 4.74 Å². The van der Waals surface area contributed by atoms with Crippen LogP contribution in [-0.2, 0) is 24.6 Å². The molecule has 48 heavy (non-hydrogen) atoms. The summed E-state index contributed by atoms with van der Waals surface area (Å²) in [5.41, 5.74) is 4.39. The molecule has 0 bridgehead atoms. The number of nitrogens with zero attached hydrogens (tertiary/aromatic N) is 2. The van der Waals surface area contributed by atoms with Gasteiger partial charge in [0.2, 0.25) is 11.8 Å². The summed E-state index contributed by atoms with van der Waals surface area (Å²) in [6.07, 6.45) is 2.51. The molecule has 0 radical (unpaired) electrons. The molecule has 2 saturated heterocycles. The number of aromatic hydroxyl groups is 1. The average Bonchev–Trinajstić information content (AvgIpc) is 3.45. The summed E-state index contributed by atoms with van der Waals surface area (Å²) in [5, 5.41) is 13.0. The molecule has 4 aliphatic rings. The number of aryl methyl sites for hydroxylation is 1. The summed E-state index contributed by atoms with van der Waals surface area (Å²) in [6, 6.07) is 21.9. The molecule has 9 heteroatoms. The maximum absolute atomic E-state index is 15.2. The van der Waals surface area contributed by atoms with Crippen LogP contribution in [0.15, 0.2) is 84.4 Å². The number of carbonyl (C=O) groups is 4. The predicted octanol–water partition coefficient (Wildman–Crippen LogP) is 5.88. The molecule has 2 N–H and O–H groups in total. The van der Waals surface area contributed by atoms with Crippen LogP contribution in [0.25, 0.3) is 0 Å². The third-order valence-electron chi connectivity index (χ3n) is 10.7. The van der Waals surface area contributed by atoms with Gasteiger partial charge in [-0.2, -0.15) is 5.01 Å². The maximum Gasteiger partial charge on any atom is 0.260 e. The lowest BCUT2D eigenvalue weighted by molar-refractivity contribution is -0.146. The van der Waals surface area contributed by atoms with Crippen LogP contribution in [0.3, 0.4) is 0 Å². The molecule has 2 aliphatic heterocycles. The number of benzene rings is 3. The average molecular weight is 648 g/mol. The van der Waals surface area contributed by atoms with Crippen LogP contribution >= 0.6 is 0 Å². The number of hydrogen-bond acceptors (Lipinski definition) is 7. The second kappa shape index (κ2) is 11.4. The SMILES string of the molecule is CCOc1cccc(C2C3=CCC4C(=O)N(C(C)(C)C)C(=O)C4C3CC3C(=O)N(Nc4ccc(C)cc4)C(=O)C32c2ccccc2)c1O. The minimum absolute atomic E-state index is 0.114. The van der Waals surface area contributed by atoms with Gasteiger partial charge in [-0.25, -0.2) is 0 Å². The lowest BCUT2D eigenvalue weighted by Crippen LogP contribution is -2.53. The summed E-state index contributed by atoms with van der Waals surface area (Å²) < 4.78 is 5.81. The molecular formula is C39H41N3O6. The van der Waals surface area contributed by atoms with E-state index < -0.39 is 52.4 Å². The van der Waals surface area contributed by atoms with Gasteiger partial charge in [-0.1, -0.05) is 71.8 Å². The van der Waals surface area contributed by atoms with E-state index in [2.05, 4.69) is 5.43 Å². The van der Waals surface area contributed by atoms with Gasteiger partial charge in [0, 0.05) is 17.0 Å². The molecule has 3 aromatic rings. The quantitative estimate of drug-likeness (QED) is 0.254. The number of phenols is 1. The van der Waals surface area contributed by atoms with Gasteiger partial charge in [0.05, 0.1) is 35.5 Å². The largest absolute Gasteiger partial charge is 0.504 e. The Balaban J connectivity index is 1.47. The fourth-order valence-corrected chi connectivity index (χ4v) is 8.80. The van der Waals surface area contributed by atoms with Crippen molar-refractivity contribution < 1.29 is 29.0 Å². The highest BCUT2D eigenvalue weighted by Crippen LogP contribution is 2.65. The topological polar surface area (TPSA) is 116 Å². The zero-order valence-corrected chi connectivity index (χ0v) is 27.9. The third kappa shape index (κ3) is 4.50. The van der Waals surface area contributed by atoms with Crippen LogP contribution in [0.5, 0.6) is 11.5 Å². The van der Waals surface area contributed by atoms with Crippen molar-refractivity contribution in [2.45, 2.75) is 64.3 Å². The lowest BCUT2D eigenvalue weighted by atomic mass is 9.49. The van der Waals surface area contributed by atoms with E-state index in [1.54, 1.807) is 18.2 Å². The number of para-hydroxylation sites is 1. The highest BCUT2D eigenvalue weighted by atomic mass is 16.5. The monoisotopic (exact) mass is 647 g/mol. The standard InChI is InChI=1S/C39H41N3O6/c1-6-48-30-14-10-13-27(33(30)43)32-25-19-20-26-31(36(46)41(34(26)44)38(3,4)5)28(25)21-29-35(45)42(40-24-17-15-22(2)16-18-24)37(47)39(29,32)23-11-8-7-9-12-23/h7-19,26,28-29,31-32,40,43H,6,20-21H2,1-5H3. The van der Waals surface area contributed by atoms with Crippen LogP contribution in [0.2, 0.25) is 0 Å². The van der Waals surface area contributed by atoms with Crippen LogP contribution in [-0.4, -0.2) is 50.8 Å². The summed E-state index contributed by atoms with van der Waals surface area (Å²) >= 11 is 0. The minimum atomic E-state index is -1.47. The molecule has 2 heterocycles. The number of nitrogens with one attached hydrogen (secondary N) is 1. The summed E-state index contributed by atoms with van der Waals surface area (Å²) in [7, 11) is 0. The number of hydrogen-bond donors (Lipinski definition) is 2. The zero-order chi connectivity index (χ0) is 34.1. The number of anilines is 1. The van der Waals surface area contributed by atoms with Crippen molar-refractivity contribution >= 4 is 29.3 Å². The van der Waals surface area contributed by atoms with Gasteiger partial charge in [0.15, 0.2) is 11.5 Å². The molecule has 248 valence electrons. The number of likely N-dealkylation sites (tertiary alicyclic amines) is 1. The molecule has 3 fully saturated rings. The number of imide groups is 2. The van der Waals surface area contributed by atoms with Crippen LogP contribution in [0, 0.1) is 30.6 Å². The van der Waals surface area contributed by atoms with Gasteiger partial charge in [0.1, 0.15) is 0 Å². The molecule has 6 atom stereocenters. The highest BCUT2D eigenvalue weighted by molar-refractivity contribution is 6.13. The van der Waals surface area contributed by atoms with E-state index in [9.17, 15) is 19.5 Å².